The standard InChI is InChI=1S/C12H16.Y/c1-4-7-11-8-5-6-9-12(11)10(2)3;/h4-6,9-10H,7H2,1-3H3;/q-2;. The van der Waals surface area contributed by atoms with Crippen LogP contribution in [0.25, 0.3) is 0 Å². The molecule has 1 heteroatoms. The molecule has 0 unspecified atom stereocenters. The summed E-state index contributed by atoms with van der Waals surface area (Å²) in [5, 5.41) is 0. The maximum absolute atomic E-state index is 3.29. The van der Waals surface area contributed by atoms with Crippen LogP contribution in [-0.4, -0.2) is 0 Å². The SMILES string of the molecule is C[CH-]Cc1[c-]cccc1C(C)C.[Y]. The summed E-state index contributed by atoms with van der Waals surface area (Å²) in [6, 6.07) is 9.54. The van der Waals surface area contributed by atoms with Crippen molar-refractivity contribution in [2.24, 2.45) is 0 Å². The smallest absolute Gasteiger partial charge is 0 e. The van der Waals surface area contributed by atoms with Gasteiger partial charge < -0.3 is 6.42 Å². The van der Waals surface area contributed by atoms with Gasteiger partial charge in [0, 0.05) is 32.7 Å². The van der Waals surface area contributed by atoms with E-state index in [0.29, 0.717) is 5.92 Å². The summed E-state index contributed by atoms with van der Waals surface area (Å²) >= 11 is 0. The molecule has 1 radical (unpaired) electrons. The Kier molecular flexibility index (Phi) is 6.90. The van der Waals surface area contributed by atoms with E-state index >= 15 is 0 Å². The minimum atomic E-state index is 0. The van der Waals surface area contributed by atoms with Crippen LogP contribution >= 0.6 is 0 Å². The maximum atomic E-state index is 3.29. The van der Waals surface area contributed by atoms with Crippen LogP contribution in [0, 0.1) is 12.5 Å². The molecule has 0 aliphatic heterocycles. The van der Waals surface area contributed by atoms with Crippen molar-refractivity contribution in [3.63, 3.8) is 0 Å². The third kappa shape index (κ3) is 3.91. The number of hydrogen-bond donors (Lipinski definition) is 0. The first-order valence-electron chi connectivity index (χ1n) is 4.53. The molecule has 0 heterocycles. The van der Waals surface area contributed by atoms with E-state index in [1.54, 1.807) is 0 Å². The second-order valence-corrected chi connectivity index (χ2v) is 3.37. The average Bonchev–Trinajstić information content (AvgIpc) is 2.05. The molecule has 13 heavy (non-hydrogen) atoms. The van der Waals surface area contributed by atoms with Gasteiger partial charge in [0.25, 0.3) is 0 Å². The molecule has 0 saturated heterocycles. The first kappa shape index (κ1) is 13.3. The Morgan fingerprint density at radius 1 is 1.46 bits per heavy atom. The zero-order chi connectivity index (χ0) is 8.97. The number of rotatable bonds is 3. The maximum Gasteiger partial charge on any atom is 0 e. The predicted octanol–water partition coefficient (Wildman–Crippen LogP) is 3.37. The molecule has 1 aromatic rings. The van der Waals surface area contributed by atoms with E-state index in [1.165, 1.54) is 11.1 Å². The molecule has 0 spiro atoms. The van der Waals surface area contributed by atoms with Crippen molar-refractivity contribution in [2.45, 2.75) is 33.1 Å². The van der Waals surface area contributed by atoms with Gasteiger partial charge in [-0.15, -0.1) is 0 Å². The molecule has 1 rings (SSSR count). The number of benzene rings is 1. The van der Waals surface area contributed by atoms with Crippen LogP contribution in [-0.2, 0) is 39.1 Å². The minimum absolute atomic E-state index is 0. The largest absolute Gasteiger partial charge is 0.329 e. The van der Waals surface area contributed by atoms with Crippen molar-refractivity contribution in [2.75, 3.05) is 0 Å². The van der Waals surface area contributed by atoms with Crippen molar-refractivity contribution in [3.05, 3.63) is 41.8 Å². The van der Waals surface area contributed by atoms with Crippen LogP contribution < -0.4 is 0 Å². The van der Waals surface area contributed by atoms with Gasteiger partial charge in [0.15, 0.2) is 0 Å². The van der Waals surface area contributed by atoms with Gasteiger partial charge in [-0.25, -0.2) is 0 Å². The van der Waals surface area contributed by atoms with Crippen LogP contribution in [0.15, 0.2) is 18.2 Å². The summed E-state index contributed by atoms with van der Waals surface area (Å²) in [5.41, 5.74) is 2.77. The molecule has 0 aromatic heterocycles. The van der Waals surface area contributed by atoms with Crippen molar-refractivity contribution in [1.82, 2.24) is 0 Å². The molecule has 0 bridgehead atoms. The molecular weight excluding hydrogens is 233 g/mol. The quantitative estimate of drug-likeness (QED) is 0.720. The Balaban J connectivity index is 0.00000144. The Morgan fingerprint density at radius 2 is 2.15 bits per heavy atom. The molecule has 0 N–H and O–H groups in total. The van der Waals surface area contributed by atoms with Gasteiger partial charge >= 0.3 is 0 Å². The van der Waals surface area contributed by atoms with E-state index in [0.717, 1.165) is 6.42 Å². The summed E-state index contributed by atoms with van der Waals surface area (Å²) in [6.07, 6.45) is 3.21. The fourth-order valence-corrected chi connectivity index (χ4v) is 1.41. The van der Waals surface area contributed by atoms with Crippen LogP contribution in [0.4, 0.5) is 0 Å². The summed E-state index contributed by atoms with van der Waals surface area (Å²) in [7, 11) is 0. The van der Waals surface area contributed by atoms with Crippen molar-refractivity contribution < 1.29 is 32.7 Å². The van der Waals surface area contributed by atoms with Crippen molar-refractivity contribution in [1.29, 1.82) is 0 Å². The molecule has 1 aromatic carbocycles. The first-order valence-corrected chi connectivity index (χ1v) is 4.53. The first-order chi connectivity index (χ1) is 5.75. The average molecular weight is 249 g/mol. The summed E-state index contributed by atoms with van der Waals surface area (Å²) in [5.74, 6) is 0.609. The monoisotopic (exact) mass is 249 g/mol. The third-order valence-electron chi connectivity index (χ3n) is 2.01. The van der Waals surface area contributed by atoms with Crippen LogP contribution in [0.3, 0.4) is 0 Å². The van der Waals surface area contributed by atoms with Gasteiger partial charge in [0.1, 0.15) is 0 Å². The number of hydrogen-bond acceptors (Lipinski definition) is 0. The Hall–Kier alpha value is 0.324. The second-order valence-electron chi connectivity index (χ2n) is 3.37. The minimum Gasteiger partial charge on any atom is -0.329 e. The molecular formula is C12H16Y-2. The topological polar surface area (TPSA) is 0 Å². The zero-order valence-corrected chi connectivity index (χ0v) is 11.5. The molecule has 69 valence electrons. The van der Waals surface area contributed by atoms with Crippen LogP contribution in [0.5, 0.6) is 0 Å². The zero-order valence-electron chi connectivity index (χ0n) is 8.67. The van der Waals surface area contributed by atoms with Crippen LogP contribution in [0.1, 0.15) is 37.8 Å². The van der Waals surface area contributed by atoms with Gasteiger partial charge in [-0.3, -0.25) is 0 Å². The van der Waals surface area contributed by atoms with Gasteiger partial charge in [-0.1, -0.05) is 19.8 Å². The fraction of sp³-hybridized carbons (Fsp3) is 0.417. The Labute approximate surface area is 107 Å². The molecule has 0 nitrogen and oxygen atoms in total. The summed E-state index contributed by atoms with van der Waals surface area (Å²) in [4.78, 5) is 0. The van der Waals surface area contributed by atoms with Gasteiger partial charge in [0.2, 0.25) is 0 Å². The van der Waals surface area contributed by atoms with Crippen molar-refractivity contribution >= 4 is 0 Å². The van der Waals surface area contributed by atoms with E-state index in [9.17, 15) is 0 Å². The summed E-state index contributed by atoms with van der Waals surface area (Å²) < 4.78 is 0. The predicted molar refractivity (Wildman–Crippen MR) is 53.0 cm³/mol. The normalized spacial score (nSPS) is 9.85. The van der Waals surface area contributed by atoms with E-state index in [-0.39, 0.29) is 32.7 Å². The molecule has 0 fully saturated rings. The summed E-state index contributed by atoms with van der Waals surface area (Å²) in [6.45, 7) is 6.54. The second kappa shape index (κ2) is 6.73. The van der Waals surface area contributed by atoms with E-state index in [1.807, 2.05) is 6.07 Å². The van der Waals surface area contributed by atoms with E-state index in [2.05, 4.69) is 45.4 Å². The van der Waals surface area contributed by atoms with Gasteiger partial charge in [-0.2, -0.15) is 48.7 Å². The fourth-order valence-electron chi connectivity index (χ4n) is 1.41. The Bertz CT molecular complexity index is 241. The van der Waals surface area contributed by atoms with E-state index in [4.69, 9.17) is 0 Å². The third-order valence-corrected chi connectivity index (χ3v) is 2.01. The molecule has 0 saturated carbocycles. The molecule has 0 aliphatic rings. The molecule has 0 amide bonds. The van der Waals surface area contributed by atoms with Crippen LogP contribution in [0.2, 0.25) is 0 Å². The van der Waals surface area contributed by atoms with Gasteiger partial charge in [-0.05, 0) is 0 Å². The van der Waals surface area contributed by atoms with Gasteiger partial charge in [0.05, 0.1) is 0 Å². The van der Waals surface area contributed by atoms with Crippen molar-refractivity contribution in [3.8, 4) is 0 Å². The van der Waals surface area contributed by atoms with E-state index < -0.39 is 0 Å². The molecule has 0 aliphatic carbocycles. The molecule has 0 atom stereocenters. The Morgan fingerprint density at radius 3 is 2.69 bits per heavy atom.